The lowest BCUT2D eigenvalue weighted by Crippen LogP contribution is -2.32. The Bertz CT molecular complexity index is 413. The van der Waals surface area contributed by atoms with Crippen LogP contribution in [0.2, 0.25) is 0 Å². The van der Waals surface area contributed by atoms with E-state index in [4.69, 9.17) is 14.2 Å². The Morgan fingerprint density at radius 1 is 1.10 bits per heavy atom. The topological polar surface area (TPSA) is 63.2 Å². The van der Waals surface area contributed by atoms with Gasteiger partial charge in [0.15, 0.2) is 0 Å². The minimum absolute atomic E-state index is 0.0491. The predicted molar refractivity (Wildman–Crippen MR) is 82.5 cm³/mol. The summed E-state index contributed by atoms with van der Waals surface area (Å²) in [6.07, 6.45) is 0. The number of likely N-dealkylation sites (N-methyl/N-ethyl adjacent to an activating group) is 1. The number of methoxy groups -OCH3 is 3. The van der Waals surface area contributed by atoms with E-state index < -0.39 is 0 Å². The summed E-state index contributed by atoms with van der Waals surface area (Å²) in [6.45, 7) is 1.57. The Morgan fingerprint density at radius 3 is 2.05 bits per heavy atom. The van der Waals surface area contributed by atoms with Crippen molar-refractivity contribution >= 4 is 0 Å². The summed E-state index contributed by atoms with van der Waals surface area (Å²) in [5.74, 6) is 1.91. The molecule has 0 saturated carbocycles. The van der Waals surface area contributed by atoms with Crippen molar-refractivity contribution in [2.75, 3.05) is 55.1 Å². The number of aliphatic hydroxyl groups is 1. The van der Waals surface area contributed by atoms with Crippen LogP contribution in [0, 0.1) is 0 Å². The highest BCUT2D eigenvalue weighted by Crippen LogP contribution is 2.38. The Kier molecular flexibility index (Phi) is 7.28. The summed E-state index contributed by atoms with van der Waals surface area (Å²) in [5, 5.41) is 13.0. The third kappa shape index (κ3) is 4.77. The highest BCUT2D eigenvalue weighted by atomic mass is 16.5. The Labute approximate surface area is 126 Å². The van der Waals surface area contributed by atoms with Crippen LogP contribution in [0.15, 0.2) is 12.1 Å². The molecule has 1 atom stereocenters. The number of hydrogen-bond donors (Lipinski definition) is 2. The minimum atomic E-state index is -0.263. The lowest BCUT2D eigenvalue weighted by molar-refractivity contribution is 0.233. The first kappa shape index (κ1) is 17.6. The van der Waals surface area contributed by atoms with Crippen LogP contribution in [0.1, 0.15) is 11.6 Å². The number of hydrogen-bond acceptors (Lipinski definition) is 6. The fourth-order valence-electron chi connectivity index (χ4n) is 2.10. The number of nitrogens with zero attached hydrogens (tertiary/aromatic N) is 1. The molecule has 2 N–H and O–H groups in total. The lowest BCUT2D eigenvalue weighted by Gasteiger charge is -2.23. The number of nitrogens with one attached hydrogen (secondary N) is 1. The van der Waals surface area contributed by atoms with Gasteiger partial charge in [-0.15, -0.1) is 0 Å². The molecule has 0 aliphatic carbocycles. The van der Waals surface area contributed by atoms with E-state index in [1.807, 2.05) is 14.1 Å². The minimum Gasteiger partial charge on any atom is -0.496 e. The molecule has 1 aromatic carbocycles. The second-order valence-electron chi connectivity index (χ2n) is 4.94. The van der Waals surface area contributed by atoms with Gasteiger partial charge in [-0.3, -0.25) is 0 Å². The molecule has 0 amide bonds. The van der Waals surface area contributed by atoms with Crippen molar-refractivity contribution in [3.63, 3.8) is 0 Å². The fraction of sp³-hybridized carbons (Fsp3) is 0.600. The zero-order chi connectivity index (χ0) is 15.8. The maximum Gasteiger partial charge on any atom is 0.131 e. The Morgan fingerprint density at radius 2 is 1.67 bits per heavy atom. The molecule has 0 fully saturated rings. The molecule has 0 aromatic heterocycles. The molecular formula is C15H26N2O4. The lowest BCUT2D eigenvalue weighted by atomic mass is 10.0. The van der Waals surface area contributed by atoms with Gasteiger partial charge in [-0.1, -0.05) is 0 Å². The van der Waals surface area contributed by atoms with Crippen LogP contribution in [0.25, 0.3) is 0 Å². The van der Waals surface area contributed by atoms with Gasteiger partial charge in [0, 0.05) is 25.2 Å². The van der Waals surface area contributed by atoms with Gasteiger partial charge in [-0.05, 0) is 14.1 Å². The first-order chi connectivity index (χ1) is 10.1. The average Bonchev–Trinajstić information content (AvgIpc) is 2.50. The zero-order valence-electron chi connectivity index (χ0n) is 13.5. The van der Waals surface area contributed by atoms with E-state index in [1.165, 1.54) is 0 Å². The molecule has 1 rings (SSSR count). The van der Waals surface area contributed by atoms with Crippen LogP contribution in [0.5, 0.6) is 17.2 Å². The third-order valence-electron chi connectivity index (χ3n) is 3.23. The molecule has 120 valence electrons. The summed E-state index contributed by atoms with van der Waals surface area (Å²) in [6, 6.07) is 3.31. The van der Waals surface area contributed by atoms with Gasteiger partial charge in [0.1, 0.15) is 17.2 Å². The van der Waals surface area contributed by atoms with Gasteiger partial charge < -0.3 is 29.5 Å². The number of ether oxygens (including phenoxy) is 3. The third-order valence-corrected chi connectivity index (χ3v) is 3.23. The van der Waals surface area contributed by atoms with Crippen molar-refractivity contribution in [3.8, 4) is 17.2 Å². The highest BCUT2D eigenvalue weighted by Gasteiger charge is 2.21. The van der Waals surface area contributed by atoms with Crippen molar-refractivity contribution in [1.29, 1.82) is 0 Å². The number of aliphatic hydroxyl groups excluding tert-OH is 1. The van der Waals surface area contributed by atoms with Gasteiger partial charge >= 0.3 is 0 Å². The molecule has 0 spiro atoms. The molecule has 0 aliphatic rings. The van der Waals surface area contributed by atoms with E-state index in [1.54, 1.807) is 33.5 Å². The fourth-order valence-corrected chi connectivity index (χ4v) is 2.10. The second kappa shape index (κ2) is 8.71. The molecule has 0 aliphatic heterocycles. The van der Waals surface area contributed by atoms with E-state index in [0.29, 0.717) is 17.2 Å². The summed E-state index contributed by atoms with van der Waals surface area (Å²) in [7, 11) is 8.78. The van der Waals surface area contributed by atoms with Crippen molar-refractivity contribution in [2.24, 2.45) is 0 Å². The van der Waals surface area contributed by atoms with Crippen LogP contribution < -0.4 is 19.5 Å². The van der Waals surface area contributed by atoms with Crippen molar-refractivity contribution in [3.05, 3.63) is 17.7 Å². The van der Waals surface area contributed by atoms with Gasteiger partial charge in [0.25, 0.3) is 0 Å². The Balaban J connectivity index is 3.05. The van der Waals surface area contributed by atoms with Crippen molar-refractivity contribution in [2.45, 2.75) is 6.04 Å². The SMILES string of the molecule is COc1cc(OC)c(C(CO)NCCN(C)C)c(OC)c1. The predicted octanol–water partition coefficient (Wildman–Crippen LogP) is 0.897. The molecular weight excluding hydrogens is 272 g/mol. The molecule has 6 heteroatoms. The zero-order valence-corrected chi connectivity index (χ0v) is 13.5. The highest BCUT2D eigenvalue weighted by molar-refractivity contribution is 5.52. The molecule has 1 aromatic rings. The standard InChI is InChI=1S/C15H26N2O4/c1-17(2)7-6-16-12(10-18)15-13(20-4)8-11(19-3)9-14(15)21-5/h8-9,12,16,18H,6-7,10H2,1-5H3. The quantitative estimate of drug-likeness (QED) is 0.706. The van der Waals surface area contributed by atoms with E-state index in [9.17, 15) is 5.11 Å². The van der Waals surface area contributed by atoms with E-state index in [0.717, 1.165) is 18.7 Å². The van der Waals surface area contributed by atoms with Crippen molar-refractivity contribution < 1.29 is 19.3 Å². The summed E-state index contributed by atoms with van der Waals surface area (Å²) in [5.41, 5.74) is 0.794. The van der Waals surface area contributed by atoms with E-state index in [2.05, 4.69) is 10.2 Å². The van der Waals surface area contributed by atoms with Gasteiger partial charge in [-0.25, -0.2) is 0 Å². The summed E-state index contributed by atoms with van der Waals surface area (Å²) in [4.78, 5) is 2.07. The average molecular weight is 298 g/mol. The summed E-state index contributed by atoms with van der Waals surface area (Å²) >= 11 is 0. The van der Waals surface area contributed by atoms with E-state index in [-0.39, 0.29) is 12.6 Å². The first-order valence-corrected chi connectivity index (χ1v) is 6.86. The monoisotopic (exact) mass is 298 g/mol. The van der Waals surface area contributed by atoms with Gasteiger partial charge in [-0.2, -0.15) is 0 Å². The van der Waals surface area contributed by atoms with E-state index >= 15 is 0 Å². The second-order valence-corrected chi connectivity index (χ2v) is 4.94. The molecule has 0 saturated heterocycles. The van der Waals surface area contributed by atoms with Crippen molar-refractivity contribution in [1.82, 2.24) is 10.2 Å². The van der Waals surface area contributed by atoms with Gasteiger partial charge in [0.2, 0.25) is 0 Å². The molecule has 6 nitrogen and oxygen atoms in total. The number of benzene rings is 1. The van der Waals surface area contributed by atoms with Crippen LogP contribution in [0.3, 0.4) is 0 Å². The Hall–Kier alpha value is -1.50. The maximum absolute atomic E-state index is 9.69. The van der Waals surface area contributed by atoms with Gasteiger partial charge in [0.05, 0.1) is 39.5 Å². The largest absolute Gasteiger partial charge is 0.496 e. The molecule has 0 heterocycles. The van der Waals surface area contributed by atoms with Crippen LogP contribution in [-0.4, -0.2) is 65.1 Å². The smallest absolute Gasteiger partial charge is 0.131 e. The van der Waals surface area contributed by atoms with Crippen LogP contribution in [0.4, 0.5) is 0 Å². The van der Waals surface area contributed by atoms with Crippen LogP contribution in [-0.2, 0) is 0 Å². The maximum atomic E-state index is 9.69. The molecule has 1 unspecified atom stereocenters. The normalized spacial score (nSPS) is 12.3. The first-order valence-electron chi connectivity index (χ1n) is 6.86. The van der Waals surface area contributed by atoms with Crippen LogP contribution >= 0.6 is 0 Å². The molecule has 0 bridgehead atoms. The number of rotatable bonds is 9. The molecule has 0 radical (unpaired) electrons. The summed E-state index contributed by atoms with van der Waals surface area (Å²) < 4.78 is 16.1. The molecule has 21 heavy (non-hydrogen) atoms.